The molecule has 1 aromatic heterocycles. The summed E-state index contributed by atoms with van der Waals surface area (Å²) in [4.78, 5) is 12.8. The van der Waals surface area contributed by atoms with Crippen LogP contribution in [0, 0.1) is 0 Å². The van der Waals surface area contributed by atoms with Gasteiger partial charge in [-0.05, 0) is 25.0 Å². The van der Waals surface area contributed by atoms with Crippen molar-refractivity contribution in [3.63, 3.8) is 0 Å². The largest absolute Gasteiger partial charge is 0.480 e. The van der Waals surface area contributed by atoms with Gasteiger partial charge in [-0.3, -0.25) is 9.69 Å². The van der Waals surface area contributed by atoms with Crippen LogP contribution in [0.1, 0.15) is 18.6 Å². The Hall–Kier alpha value is -1.81. The first-order chi connectivity index (χ1) is 8.72. The molecule has 1 aliphatic carbocycles. The minimum absolute atomic E-state index is 0.0850. The van der Waals surface area contributed by atoms with Crippen LogP contribution in [0.4, 0.5) is 0 Å². The van der Waals surface area contributed by atoms with E-state index in [0.717, 1.165) is 29.6 Å². The van der Waals surface area contributed by atoms with Crippen molar-refractivity contribution in [1.82, 2.24) is 4.90 Å². The Morgan fingerprint density at radius 2 is 2.17 bits per heavy atom. The third-order valence-corrected chi connectivity index (χ3v) is 3.24. The van der Waals surface area contributed by atoms with Gasteiger partial charge in [0.25, 0.3) is 0 Å². The fourth-order valence-corrected chi connectivity index (χ4v) is 2.24. The number of para-hydroxylation sites is 1. The fourth-order valence-electron chi connectivity index (χ4n) is 2.24. The minimum Gasteiger partial charge on any atom is -0.480 e. The van der Waals surface area contributed by atoms with Crippen LogP contribution in [-0.2, 0) is 11.3 Å². The summed E-state index contributed by atoms with van der Waals surface area (Å²) >= 11 is 0. The zero-order chi connectivity index (χ0) is 12.5. The SMILES string of the molecule is O=C(O)CN(Cc1cc2ccccc2o1)C1CC1. The predicted molar refractivity (Wildman–Crippen MR) is 67.3 cm³/mol. The lowest BCUT2D eigenvalue weighted by molar-refractivity contribution is -0.138. The van der Waals surface area contributed by atoms with E-state index in [2.05, 4.69) is 0 Å². The van der Waals surface area contributed by atoms with E-state index in [4.69, 9.17) is 9.52 Å². The third-order valence-electron chi connectivity index (χ3n) is 3.24. The Morgan fingerprint density at radius 1 is 1.39 bits per heavy atom. The van der Waals surface area contributed by atoms with Crippen molar-refractivity contribution in [2.24, 2.45) is 0 Å². The zero-order valence-electron chi connectivity index (χ0n) is 10.0. The summed E-state index contributed by atoms with van der Waals surface area (Å²) in [7, 11) is 0. The van der Waals surface area contributed by atoms with Crippen LogP contribution < -0.4 is 0 Å². The van der Waals surface area contributed by atoms with Crippen molar-refractivity contribution >= 4 is 16.9 Å². The van der Waals surface area contributed by atoms with Crippen LogP contribution in [0.25, 0.3) is 11.0 Å². The second kappa shape index (κ2) is 4.46. The molecule has 0 amide bonds. The Balaban J connectivity index is 1.78. The molecule has 18 heavy (non-hydrogen) atoms. The molecular weight excluding hydrogens is 230 g/mol. The molecule has 4 nitrogen and oxygen atoms in total. The molecule has 1 heterocycles. The first-order valence-electron chi connectivity index (χ1n) is 6.15. The normalized spacial score (nSPS) is 15.4. The average Bonchev–Trinajstić information content (AvgIpc) is 3.08. The molecule has 1 aromatic carbocycles. The summed E-state index contributed by atoms with van der Waals surface area (Å²) in [6, 6.07) is 10.2. The lowest BCUT2D eigenvalue weighted by atomic mass is 10.2. The van der Waals surface area contributed by atoms with Crippen LogP contribution in [0.15, 0.2) is 34.7 Å². The van der Waals surface area contributed by atoms with Crippen molar-refractivity contribution in [3.05, 3.63) is 36.1 Å². The molecule has 3 rings (SSSR count). The zero-order valence-corrected chi connectivity index (χ0v) is 10.0. The topological polar surface area (TPSA) is 53.7 Å². The van der Waals surface area contributed by atoms with Gasteiger partial charge in [0.2, 0.25) is 0 Å². The highest BCUT2D eigenvalue weighted by molar-refractivity contribution is 5.77. The monoisotopic (exact) mass is 245 g/mol. The highest BCUT2D eigenvalue weighted by atomic mass is 16.4. The van der Waals surface area contributed by atoms with Gasteiger partial charge in [0.15, 0.2) is 0 Å². The number of furan rings is 1. The van der Waals surface area contributed by atoms with Crippen LogP contribution in [0.3, 0.4) is 0 Å². The number of nitrogens with zero attached hydrogens (tertiary/aromatic N) is 1. The molecule has 0 bridgehead atoms. The first-order valence-corrected chi connectivity index (χ1v) is 6.15. The molecule has 1 aliphatic rings. The van der Waals surface area contributed by atoms with E-state index < -0.39 is 5.97 Å². The Kier molecular flexibility index (Phi) is 2.80. The van der Waals surface area contributed by atoms with Gasteiger partial charge in [0.05, 0.1) is 13.1 Å². The van der Waals surface area contributed by atoms with Crippen molar-refractivity contribution in [3.8, 4) is 0 Å². The first kappa shape index (κ1) is 11.3. The van der Waals surface area contributed by atoms with E-state index in [1.165, 1.54) is 0 Å². The Labute approximate surface area is 105 Å². The van der Waals surface area contributed by atoms with Crippen LogP contribution in [-0.4, -0.2) is 28.6 Å². The molecule has 0 unspecified atom stereocenters. The van der Waals surface area contributed by atoms with Gasteiger partial charge >= 0.3 is 5.97 Å². The van der Waals surface area contributed by atoms with Crippen LogP contribution >= 0.6 is 0 Å². The molecule has 0 aliphatic heterocycles. The second-order valence-electron chi connectivity index (χ2n) is 4.78. The molecule has 1 N–H and O–H groups in total. The molecule has 1 saturated carbocycles. The standard InChI is InChI=1S/C14H15NO3/c16-14(17)9-15(11-5-6-11)8-12-7-10-3-1-2-4-13(10)18-12/h1-4,7,11H,5-6,8-9H2,(H,16,17). The molecule has 0 radical (unpaired) electrons. The van der Waals surface area contributed by atoms with Gasteiger partial charge in [-0.25, -0.2) is 0 Å². The molecule has 94 valence electrons. The van der Waals surface area contributed by atoms with Gasteiger partial charge in [-0.15, -0.1) is 0 Å². The lowest BCUT2D eigenvalue weighted by Crippen LogP contribution is -2.31. The maximum Gasteiger partial charge on any atom is 0.317 e. The average molecular weight is 245 g/mol. The number of fused-ring (bicyclic) bond motifs is 1. The number of hydrogen-bond acceptors (Lipinski definition) is 3. The number of carboxylic acid groups (broad SMARTS) is 1. The van der Waals surface area contributed by atoms with Crippen molar-refractivity contribution < 1.29 is 14.3 Å². The number of aliphatic carboxylic acids is 1. The summed E-state index contributed by atoms with van der Waals surface area (Å²) < 4.78 is 5.72. The molecule has 0 atom stereocenters. The van der Waals surface area contributed by atoms with Gasteiger partial charge in [0, 0.05) is 11.4 Å². The number of rotatable bonds is 5. The van der Waals surface area contributed by atoms with Gasteiger partial charge < -0.3 is 9.52 Å². The van der Waals surface area contributed by atoms with Gasteiger partial charge in [-0.2, -0.15) is 0 Å². The summed E-state index contributed by atoms with van der Waals surface area (Å²) in [6.07, 6.45) is 2.18. The number of carbonyl (C=O) groups is 1. The van der Waals surface area contributed by atoms with Gasteiger partial charge in [0.1, 0.15) is 11.3 Å². The maximum absolute atomic E-state index is 10.8. The smallest absolute Gasteiger partial charge is 0.317 e. The van der Waals surface area contributed by atoms with E-state index in [1.807, 2.05) is 35.2 Å². The predicted octanol–water partition coefficient (Wildman–Crippen LogP) is 2.48. The highest BCUT2D eigenvalue weighted by Crippen LogP contribution is 2.29. The van der Waals surface area contributed by atoms with Crippen molar-refractivity contribution in [2.75, 3.05) is 6.54 Å². The molecule has 0 spiro atoms. The number of carboxylic acids is 1. The lowest BCUT2D eigenvalue weighted by Gasteiger charge is -2.17. The number of hydrogen-bond donors (Lipinski definition) is 1. The number of benzene rings is 1. The fraction of sp³-hybridized carbons (Fsp3) is 0.357. The minimum atomic E-state index is -0.780. The van der Waals surface area contributed by atoms with Gasteiger partial charge in [-0.1, -0.05) is 18.2 Å². The summed E-state index contributed by atoms with van der Waals surface area (Å²) in [5, 5.41) is 9.97. The van der Waals surface area contributed by atoms with Crippen LogP contribution in [0.2, 0.25) is 0 Å². The Bertz CT molecular complexity index is 538. The molecule has 0 saturated heterocycles. The molecule has 4 heteroatoms. The highest BCUT2D eigenvalue weighted by Gasteiger charge is 2.30. The van der Waals surface area contributed by atoms with E-state index in [9.17, 15) is 4.79 Å². The third kappa shape index (κ3) is 2.38. The Morgan fingerprint density at radius 3 is 2.83 bits per heavy atom. The van der Waals surface area contributed by atoms with Crippen molar-refractivity contribution in [2.45, 2.75) is 25.4 Å². The van der Waals surface area contributed by atoms with E-state index in [1.54, 1.807) is 0 Å². The summed E-state index contributed by atoms with van der Waals surface area (Å²) in [6.45, 7) is 0.660. The van der Waals surface area contributed by atoms with Crippen molar-refractivity contribution in [1.29, 1.82) is 0 Å². The summed E-state index contributed by atoms with van der Waals surface area (Å²) in [5.41, 5.74) is 0.860. The molecule has 1 fully saturated rings. The van der Waals surface area contributed by atoms with E-state index >= 15 is 0 Å². The summed E-state index contributed by atoms with van der Waals surface area (Å²) in [5.74, 6) is 0.0577. The van der Waals surface area contributed by atoms with Crippen LogP contribution in [0.5, 0.6) is 0 Å². The van der Waals surface area contributed by atoms with E-state index in [-0.39, 0.29) is 6.54 Å². The maximum atomic E-state index is 10.8. The quantitative estimate of drug-likeness (QED) is 0.879. The second-order valence-corrected chi connectivity index (χ2v) is 4.78. The molecule has 2 aromatic rings. The van der Waals surface area contributed by atoms with E-state index in [0.29, 0.717) is 12.6 Å². The molecular formula is C14H15NO3.